The molecule has 0 aliphatic carbocycles. The number of carbonyl (C=O) groups is 2. The summed E-state index contributed by atoms with van der Waals surface area (Å²) < 4.78 is 5.44. The van der Waals surface area contributed by atoms with Crippen molar-refractivity contribution in [2.24, 2.45) is 0 Å². The number of anilines is 2. The molecule has 5 heteroatoms. The highest BCUT2D eigenvalue weighted by Crippen LogP contribution is 2.16. The van der Waals surface area contributed by atoms with Gasteiger partial charge in [0.25, 0.3) is 5.91 Å². The van der Waals surface area contributed by atoms with Crippen molar-refractivity contribution < 1.29 is 14.3 Å². The molecule has 0 atom stereocenters. The van der Waals surface area contributed by atoms with Crippen LogP contribution in [0, 0.1) is 0 Å². The third kappa shape index (κ3) is 4.84. The smallest absolute Gasteiger partial charge is 0.262 e. The largest absolute Gasteiger partial charge is 0.484 e. The first-order valence-electron chi connectivity index (χ1n) is 7.83. The van der Waals surface area contributed by atoms with Gasteiger partial charge >= 0.3 is 0 Å². The highest BCUT2D eigenvalue weighted by molar-refractivity contribution is 5.96. The van der Waals surface area contributed by atoms with Crippen molar-refractivity contribution in [3.8, 4) is 5.75 Å². The molecule has 0 unspecified atom stereocenters. The molecule has 2 aromatic carbocycles. The lowest BCUT2D eigenvalue weighted by Gasteiger charge is -2.13. The molecule has 0 fully saturated rings. The molecule has 0 saturated carbocycles. The Balaban J connectivity index is 1.85. The molecule has 0 saturated heterocycles. The number of ether oxygens (including phenoxy) is 1. The van der Waals surface area contributed by atoms with E-state index in [0.29, 0.717) is 17.7 Å². The van der Waals surface area contributed by atoms with E-state index in [2.05, 4.69) is 5.32 Å². The van der Waals surface area contributed by atoms with Crippen molar-refractivity contribution in [1.29, 1.82) is 0 Å². The Morgan fingerprint density at radius 2 is 1.62 bits per heavy atom. The zero-order chi connectivity index (χ0) is 17.5. The van der Waals surface area contributed by atoms with Gasteiger partial charge in [-0.1, -0.05) is 6.92 Å². The molecule has 5 nitrogen and oxygen atoms in total. The van der Waals surface area contributed by atoms with Crippen molar-refractivity contribution in [3.63, 3.8) is 0 Å². The number of amides is 1. The number of carbonyl (C=O) groups excluding carboxylic acids is 2. The highest BCUT2D eigenvalue weighted by Gasteiger charge is 2.06. The van der Waals surface area contributed by atoms with Gasteiger partial charge in [-0.15, -0.1) is 0 Å². The molecule has 1 amide bonds. The van der Waals surface area contributed by atoms with Crippen LogP contribution >= 0.6 is 0 Å². The van der Waals surface area contributed by atoms with Gasteiger partial charge in [-0.05, 0) is 48.5 Å². The Morgan fingerprint density at radius 3 is 2.17 bits per heavy atom. The first kappa shape index (κ1) is 17.5. The topological polar surface area (TPSA) is 58.6 Å². The Labute approximate surface area is 142 Å². The third-order valence-electron chi connectivity index (χ3n) is 3.53. The molecule has 126 valence electrons. The average Bonchev–Trinajstić information content (AvgIpc) is 2.60. The van der Waals surface area contributed by atoms with E-state index in [9.17, 15) is 9.59 Å². The van der Waals surface area contributed by atoms with E-state index in [1.165, 1.54) is 0 Å². The molecule has 1 N–H and O–H groups in total. The second-order valence-electron chi connectivity index (χ2n) is 5.58. The summed E-state index contributed by atoms with van der Waals surface area (Å²) in [5.41, 5.74) is 2.43. The summed E-state index contributed by atoms with van der Waals surface area (Å²) in [5.74, 6) is 0.405. The summed E-state index contributed by atoms with van der Waals surface area (Å²) in [4.78, 5) is 25.5. The predicted octanol–water partition coefficient (Wildman–Crippen LogP) is 3.36. The molecular formula is C19H22N2O3. The lowest BCUT2D eigenvalue weighted by molar-refractivity contribution is -0.118. The first-order chi connectivity index (χ1) is 11.5. The van der Waals surface area contributed by atoms with Crippen LogP contribution in [0.4, 0.5) is 11.4 Å². The van der Waals surface area contributed by atoms with Gasteiger partial charge in [-0.25, -0.2) is 0 Å². The fourth-order valence-corrected chi connectivity index (χ4v) is 2.13. The van der Waals surface area contributed by atoms with Crippen LogP contribution in [0.3, 0.4) is 0 Å². The first-order valence-corrected chi connectivity index (χ1v) is 7.83. The molecule has 2 aromatic rings. The van der Waals surface area contributed by atoms with Gasteiger partial charge in [-0.3, -0.25) is 9.59 Å². The number of hydrogen-bond acceptors (Lipinski definition) is 4. The van der Waals surface area contributed by atoms with E-state index >= 15 is 0 Å². The van der Waals surface area contributed by atoms with Gasteiger partial charge in [0.1, 0.15) is 5.75 Å². The molecule has 0 heterocycles. The maximum Gasteiger partial charge on any atom is 0.262 e. The van der Waals surface area contributed by atoms with Crippen molar-refractivity contribution >= 4 is 23.1 Å². The molecule has 0 bridgehead atoms. The minimum atomic E-state index is -0.235. The minimum Gasteiger partial charge on any atom is -0.484 e. The fourth-order valence-electron chi connectivity index (χ4n) is 2.13. The van der Waals surface area contributed by atoms with Crippen LogP contribution in [-0.2, 0) is 4.79 Å². The van der Waals surface area contributed by atoms with Crippen LogP contribution in [0.2, 0.25) is 0 Å². The van der Waals surface area contributed by atoms with Gasteiger partial charge in [0, 0.05) is 37.5 Å². The average molecular weight is 326 g/mol. The second-order valence-corrected chi connectivity index (χ2v) is 5.58. The number of hydrogen-bond donors (Lipinski definition) is 1. The molecule has 0 aliphatic heterocycles. The van der Waals surface area contributed by atoms with E-state index in [1.807, 2.05) is 50.2 Å². The number of benzene rings is 2. The normalized spacial score (nSPS) is 10.1. The Hall–Kier alpha value is -2.82. The maximum atomic E-state index is 11.9. The summed E-state index contributed by atoms with van der Waals surface area (Å²) in [5, 5.41) is 2.78. The van der Waals surface area contributed by atoms with E-state index < -0.39 is 0 Å². The van der Waals surface area contributed by atoms with E-state index in [0.717, 1.165) is 11.4 Å². The summed E-state index contributed by atoms with van der Waals surface area (Å²) in [7, 11) is 3.92. The monoisotopic (exact) mass is 326 g/mol. The number of nitrogens with one attached hydrogen (secondary N) is 1. The van der Waals surface area contributed by atoms with Gasteiger partial charge in [-0.2, -0.15) is 0 Å². The quantitative estimate of drug-likeness (QED) is 0.793. The van der Waals surface area contributed by atoms with Gasteiger partial charge in [0.15, 0.2) is 12.4 Å². The van der Waals surface area contributed by atoms with E-state index in [4.69, 9.17) is 4.74 Å². The minimum absolute atomic E-state index is 0.0838. The Bertz CT molecular complexity index is 692. The number of ketones is 1. The van der Waals surface area contributed by atoms with Crippen LogP contribution in [0.15, 0.2) is 48.5 Å². The van der Waals surface area contributed by atoms with Crippen LogP contribution in [0.5, 0.6) is 5.75 Å². The van der Waals surface area contributed by atoms with Crippen molar-refractivity contribution in [3.05, 3.63) is 54.1 Å². The third-order valence-corrected chi connectivity index (χ3v) is 3.53. The maximum absolute atomic E-state index is 11.9. The van der Waals surface area contributed by atoms with Gasteiger partial charge in [0.2, 0.25) is 0 Å². The molecule has 0 aromatic heterocycles. The Kier molecular flexibility index (Phi) is 5.95. The predicted molar refractivity (Wildman–Crippen MR) is 96.0 cm³/mol. The zero-order valence-corrected chi connectivity index (χ0v) is 14.2. The van der Waals surface area contributed by atoms with Crippen LogP contribution in [0.1, 0.15) is 23.7 Å². The molecule has 0 radical (unpaired) electrons. The highest BCUT2D eigenvalue weighted by atomic mass is 16.5. The molecule has 24 heavy (non-hydrogen) atoms. The van der Waals surface area contributed by atoms with Gasteiger partial charge in [0.05, 0.1) is 0 Å². The van der Waals surface area contributed by atoms with Crippen molar-refractivity contribution in [2.45, 2.75) is 13.3 Å². The summed E-state index contributed by atoms with van der Waals surface area (Å²) in [6.45, 7) is 1.73. The number of nitrogens with zero attached hydrogens (tertiary/aromatic N) is 1. The summed E-state index contributed by atoms with van der Waals surface area (Å²) >= 11 is 0. The Morgan fingerprint density at radius 1 is 1.00 bits per heavy atom. The number of rotatable bonds is 7. The van der Waals surface area contributed by atoms with Crippen LogP contribution in [0.25, 0.3) is 0 Å². The van der Waals surface area contributed by atoms with Gasteiger partial charge < -0.3 is 15.0 Å². The van der Waals surface area contributed by atoms with Crippen molar-refractivity contribution in [1.82, 2.24) is 0 Å². The second kappa shape index (κ2) is 8.15. The van der Waals surface area contributed by atoms with Crippen molar-refractivity contribution in [2.75, 3.05) is 30.9 Å². The van der Waals surface area contributed by atoms with E-state index in [1.54, 1.807) is 24.3 Å². The van der Waals surface area contributed by atoms with Crippen LogP contribution < -0.4 is 15.0 Å². The molecule has 0 spiro atoms. The molecule has 0 aliphatic rings. The standard InChI is InChI=1S/C19H22N2O3/c1-4-18(22)14-5-11-17(12-6-14)24-13-19(23)20-15-7-9-16(10-8-15)21(2)3/h5-12H,4,13H2,1-3H3,(H,20,23). The summed E-state index contributed by atoms with van der Waals surface area (Å²) in [6.07, 6.45) is 0.467. The SMILES string of the molecule is CCC(=O)c1ccc(OCC(=O)Nc2ccc(N(C)C)cc2)cc1. The fraction of sp³-hybridized carbons (Fsp3) is 0.263. The van der Waals surface area contributed by atoms with Crippen LogP contribution in [-0.4, -0.2) is 32.4 Å². The van der Waals surface area contributed by atoms with E-state index in [-0.39, 0.29) is 18.3 Å². The zero-order valence-electron chi connectivity index (χ0n) is 14.2. The molecule has 2 rings (SSSR count). The summed E-state index contributed by atoms with van der Waals surface area (Å²) in [6, 6.07) is 14.4. The number of Topliss-reactive ketones (excluding diaryl/α,β-unsaturated/α-hetero) is 1. The molecular weight excluding hydrogens is 304 g/mol. The lowest BCUT2D eigenvalue weighted by atomic mass is 10.1. The lowest BCUT2D eigenvalue weighted by Crippen LogP contribution is -2.20.